The van der Waals surface area contributed by atoms with Gasteiger partial charge in [0.2, 0.25) is 11.8 Å². The molecule has 2 aliphatic heterocycles. The molecule has 1 aromatic rings. The lowest BCUT2D eigenvalue weighted by atomic mass is 9.75. The van der Waals surface area contributed by atoms with E-state index in [-0.39, 0.29) is 41.8 Å². The minimum atomic E-state index is -0.320. The number of amides is 2. The van der Waals surface area contributed by atoms with E-state index in [1.807, 2.05) is 11.0 Å². The highest BCUT2D eigenvalue weighted by Gasteiger charge is 2.52. The van der Waals surface area contributed by atoms with E-state index >= 15 is 0 Å². The highest BCUT2D eigenvalue weighted by molar-refractivity contribution is 8.13. The van der Waals surface area contributed by atoms with Crippen LogP contribution in [0.15, 0.2) is 29.4 Å². The molecule has 4 atom stereocenters. The fourth-order valence-corrected chi connectivity index (χ4v) is 7.09. The molecule has 35 heavy (non-hydrogen) atoms. The topological polar surface area (TPSA) is 77.0 Å². The zero-order valence-electron chi connectivity index (χ0n) is 20.4. The second kappa shape index (κ2) is 10.8. The number of hydrazone groups is 1. The van der Waals surface area contributed by atoms with Crippen molar-refractivity contribution in [2.24, 2.45) is 16.9 Å². The van der Waals surface area contributed by atoms with Crippen molar-refractivity contribution in [3.05, 3.63) is 35.6 Å². The number of halogens is 1. The van der Waals surface area contributed by atoms with Crippen molar-refractivity contribution in [1.29, 1.82) is 0 Å². The Morgan fingerprint density at radius 3 is 2.83 bits per heavy atom. The maximum absolute atomic E-state index is 13.7. The van der Waals surface area contributed by atoms with Crippen LogP contribution in [-0.4, -0.2) is 51.7 Å². The van der Waals surface area contributed by atoms with Crippen molar-refractivity contribution in [3.63, 3.8) is 0 Å². The lowest BCUT2D eigenvalue weighted by molar-refractivity contribution is -0.157. The van der Waals surface area contributed by atoms with E-state index in [4.69, 9.17) is 0 Å². The van der Waals surface area contributed by atoms with Gasteiger partial charge in [-0.05, 0) is 56.2 Å². The Bertz CT molecular complexity index is 969. The third kappa shape index (κ3) is 5.15. The predicted molar refractivity (Wildman–Crippen MR) is 136 cm³/mol. The summed E-state index contributed by atoms with van der Waals surface area (Å²) in [6, 6.07) is 6.86. The molecule has 7 nitrogen and oxygen atoms in total. The minimum absolute atomic E-state index is 0.0646. The summed E-state index contributed by atoms with van der Waals surface area (Å²) in [6.45, 7) is 2.74. The van der Waals surface area contributed by atoms with Gasteiger partial charge in [0.1, 0.15) is 5.82 Å². The molecule has 2 N–H and O–H groups in total. The Balaban J connectivity index is 1.32. The monoisotopic (exact) mass is 501 g/mol. The molecule has 1 aromatic carbocycles. The van der Waals surface area contributed by atoms with Gasteiger partial charge in [0.05, 0.1) is 5.92 Å². The zero-order valence-corrected chi connectivity index (χ0v) is 21.2. The normalized spacial score (nSPS) is 28.7. The fourth-order valence-electron chi connectivity index (χ4n) is 6.12. The van der Waals surface area contributed by atoms with Gasteiger partial charge in [-0.3, -0.25) is 15.0 Å². The summed E-state index contributed by atoms with van der Waals surface area (Å²) < 4.78 is 13.7. The maximum Gasteiger partial charge on any atom is 0.230 e. The van der Waals surface area contributed by atoms with Crippen molar-refractivity contribution in [1.82, 2.24) is 20.5 Å². The third-order valence-electron chi connectivity index (χ3n) is 7.87. The first-order chi connectivity index (χ1) is 17.0. The predicted octanol–water partition coefficient (Wildman–Crippen LogP) is 4.00. The van der Waals surface area contributed by atoms with Crippen LogP contribution in [0.4, 0.5) is 4.39 Å². The number of hydrogen-bond donors (Lipinski definition) is 2. The molecule has 2 amide bonds. The number of benzene rings is 1. The Morgan fingerprint density at radius 1 is 1.23 bits per heavy atom. The van der Waals surface area contributed by atoms with E-state index in [0.717, 1.165) is 42.8 Å². The van der Waals surface area contributed by atoms with Crippen LogP contribution in [-0.2, 0) is 15.3 Å². The average molecular weight is 502 g/mol. The van der Waals surface area contributed by atoms with Gasteiger partial charge in [-0.2, -0.15) is 5.10 Å². The summed E-state index contributed by atoms with van der Waals surface area (Å²) in [5.41, 5.74) is 4.08. The van der Waals surface area contributed by atoms with Crippen LogP contribution >= 0.6 is 11.8 Å². The van der Waals surface area contributed by atoms with Crippen LogP contribution in [0.5, 0.6) is 0 Å². The largest absolute Gasteiger partial charge is 0.353 e. The summed E-state index contributed by atoms with van der Waals surface area (Å²) in [5, 5.41) is 8.73. The van der Waals surface area contributed by atoms with Crippen LogP contribution in [0.1, 0.15) is 70.3 Å². The molecule has 4 aliphatic rings. The summed E-state index contributed by atoms with van der Waals surface area (Å²) in [6.07, 6.45) is 8.45. The fraction of sp³-hybridized carbons (Fsp3) is 0.654. The SMILES string of the molecule is CCCN1C(=O)C2CCC(C(=O)NC3CCCCC3)CC2N2C(SCc3cccc(F)c3)=NNC12. The maximum atomic E-state index is 13.7. The van der Waals surface area contributed by atoms with Crippen molar-refractivity contribution in [2.45, 2.75) is 88.8 Å². The Morgan fingerprint density at radius 2 is 2.06 bits per heavy atom. The molecule has 4 unspecified atom stereocenters. The minimum Gasteiger partial charge on any atom is -0.353 e. The van der Waals surface area contributed by atoms with Crippen molar-refractivity contribution in [2.75, 3.05) is 6.54 Å². The quantitative estimate of drug-likeness (QED) is 0.616. The first-order valence-corrected chi connectivity index (χ1v) is 14.1. The molecule has 0 radical (unpaired) electrons. The van der Waals surface area contributed by atoms with E-state index in [0.29, 0.717) is 24.8 Å². The summed E-state index contributed by atoms with van der Waals surface area (Å²) >= 11 is 1.55. The number of nitrogens with one attached hydrogen (secondary N) is 2. The van der Waals surface area contributed by atoms with Gasteiger partial charge in [-0.25, -0.2) is 4.39 Å². The molecule has 190 valence electrons. The van der Waals surface area contributed by atoms with Crippen molar-refractivity contribution >= 4 is 28.7 Å². The molecule has 2 heterocycles. The van der Waals surface area contributed by atoms with Gasteiger partial charge in [-0.1, -0.05) is 50.1 Å². The van der Waals surface area contributed by atoms with Gasteiger partial charge < -0.3 is 15.1 Å². The summed E-state index contributed by atoms with van der Waals surface area (Å²) in [7, 11) is 0. The van der Waals surface area contributed by atoms with E-state index in [9.17, 15) is 14.0 Å². The number of nitrogens with zero attached hydrogens (tertiary/aromatic N) is 3. The average Bonchev–Trinajstić information content (AvgIpc) is 3.29. The second-order valence-electron chi connectivity index (χ2n) is 10.3. The van der Waals surface area contributed by atoms with E-state index in [1.165, 1.54) is 25.3 Å². The Hall–Kier alpha value is -2.29. The van der Waals surface area contributed by atoms with E-state index in [1.54, 1.807) is 23.9 Å². The summed E-state index contributed by atoms with van der Waals surface area (Å²) in [5.74, 6) is 0.448. The second-order valence-corrected chi connectivity index (χ2v) is 11.2. The molecule has 0 spiro atoms. The summed E-state index contributed by atoms with van der Waals surface area (Å²) in [4.78, 5) is 30.8. The van der Waals surface area contributed by atoms with Crippen LogP contribution in [0.25, 0.3) is 0 Å². The molecule has 2 aliphatic carbocycles. The van der Waals surface area contributed by atoms with E-state index in [2.05, 4.69) is 27.7 Å². The molecular weight excluding hydrogens is 465 g/mol. The molecule has 9 heteroatoms. The van der Waals surface area contributed by atoms with Crippen LogP contribution < -0.4 is 10.7 Å². The first kappa shape index (κ1) is 24.4. The van der Waals surface area contributed by atoms with Crippen molar-refractivity contribution in [3.8, 4) is 0 Å². The number of rotatable bonds is 6. The molecule has 3 fully saturated rings. The van der Waals surface area contributed by atoms with Gasteiger partial charge in [0, 0.05) is 30.3 Å². The van der Waals surface area contributed by atoms with Crippen LogP contribution in [0.2, 0.25) is 0 Å². The zero-order chi connectivity index (χ0) is 24.4. The molecule has 0 aromatic heterocycles. The number of thioether (sulfide) groups is 1. The smallest absolute Gasteiger partial charge is 0.230 e. The lowest BCUT2D eigenvalue weighted by Crippen LogP contribution is -2.68. The molecule has 5 rings (SSSR count). The van der Waals surface area contributed by atoms with Gasteiger partial charge >= 0.3 is 0 Å². The van der Waals surface area contributed by atoms with Gasteiger partial charge in [-0.15, -0.1) is 0 Å². The first-order valence-electron chi connectivity index (χ1n) is 13.1. The number of fused-ring (bicyclic) bond motifs is 3. The Labute approximate surface area is 211 Å². The molecular formula is C26H36FN5O2S. The van der Waals surface area contributed by atoms with Gasteiger partial charge in [0.15, 0.2) is 11.5 Å². The Kier molecular flexibility index (Phi) is 7.51. The van der Waals surface area contributed by atoms with E-state index < -0.39 is 0 Å². The highest BCUT2D eigenvalue weighted by Crippen LogP contribution is 2.41. The number of amidine groups is 1. The molecule has 0 bridgehead atoms. The highest BCUT2D eigenvalue weighted by atomic mass is 32.2. The van der Waals surface area contributed by atoms with Crippen molar-refractivity contribution < 1.29 is 14.0 Å². The molecule has 1 saturated heterocycles. The number of carbonyl (C=O) groups is 2. The molecule has 2 saturated carbocycles. The number of carbonyl (C=O) groups excluding carboxylic acids is 2. The lowest BCUT2D eigenvalue weighted by Gasteiger charge is -2.51. The van der Waals surface area contributed by atoms with Crippen LogP contribution in [0.3, 0.4) is 0 Å². The van der Waals surface area contributed by atoms with Gasteiger partial charge in [0.25, 0.3) is 0 Å². The third-order valence-corrected chi connectivity index (χ3v) is 8.91. The number of hydrogen-bond acceptors (Lipinski definition) is 6. The standard InChI is InChI=1S/C26H36FN5O2S/c1-2-13-31-24(34)21-12-11-18(23(33)28-20-9-4-3-5-10-20)15-22(21)32-25(31)29-30-26(32)35-16-17-7-6-8-19(27)14-17/h6-8,14,18,20-22,25,29H,2-5,9-13,15-16H2,1H3,(H,28,33). The van der Waals surface area contributed by atoms with Crippen LogP contribution in [0, 0.1) is 17.7 Å².